The molecule has 0 saturated carbocycles. The normalized spacial score (nSPS) is 15.8. The highest BCUT2D eigenvalue weighted by Crippen LogP contribution is 2.20. The van der Waals surface area contributed by atoms with Crippen molar-refractivity contribution in [3.8, 4) is 0 Å². The first kappa shape index (κ1) is 10.7. The molecule has 0 amide bonds. The van der Waals surface area contributed by atoms with Crippen LogP contribution in [0.15, 0.2) is 0 Å². The van der Waals surface area contributed by atoms with E-state index in [4.69, 9.17) is 0 Å². The van der Waals surface area contributed by atoms with Crippen LogP contribution in [0.5, 0.6) is 0 Å². The Labute approximate surface area is 83.6 Å². The lowest BCUT2D eigenvalue weighted by molar-refractivity contribution is 0.135. The maximum atomic E-state index is 9.34. The van der Waals surface area contributed by atoms with E-state index in [0.29, 0.717) is 5.92 Å². The Balaban J connectivity index is 2.64. The highest BCUT2D eigenvalue weighted by molar-refractivity contribution is 7.11. The highest BCUT2D eigenvalue weighted by atomic mass is 32.1. The van der Waals surface area contributed by atoms with Gasteiger partial charge in [0.15, 0.2) is 0 Å². The van der Waals surface area contributed by atoms with Crippen molar-refractivity contribution in [1.82, 2.24) is 4.98 Å². The predicted molar refractivity (Wildman–Crippen MR) is 56.1 cm³/mol. The molecule has 2 atom stereocenters. The van der Waals surface area contributed by atoms with Crippen LogP contribution in [0.3, 0.4) is 0 Å². The van der Waals surface area contributed by atoms with Gasteiger partial charge >= 0.3 is 0 Å². The molecule has 0 aromatic carbocycles. The summed E-state index contributed by atoms with van der Waals surface area (Å²) >= 11 is 1.74. The van der Waals surface area contributed by atoms with Gasteiger partial charge in [0.25, 0.3) is 0 Å². The van der Waals surface area contributed by atoms with Gasteiger partial charge in [0.2, 0.25) is 0 Å². The van der Waals surface area contributed by atoms with E-state index in [0.717, 1.165) is 17.1 Å². The minimum absolute atomic E-state index is 0.246. The van der Waals surface area contributed by atoms with Crippen LogP contribution in [0, 0.1) is 19.8 Å². The van der Waals surface area contributed by atoms with Crippen LogP contribution in [0.25, 0.3) is 0 Å². The smallest absolute Gasteiger partial charge is 0.0934 e. The van der Waals surface area contributed by atoms with Gasteiger partial charge in [-0.25, -0.2) is 4.98 Å². The molecule has 1 heterocycles. The lowest BCUT2D eigenvalue weighted by Gasteiger charge is -2.11. The van der Waals surface area contributed by atoms with Crippen molar-refractivity contribution in [3.05, 3.63) is 15.6 Å². The molecule has 13 heavy (non-hydrogen) atoms. The molecule has 2 unspecified atom stereocenters. The van der Waals surface area contributed by atoms with Crippen molar-refractivity contribution in [3.63, 3.8) is 0 Å². The molecule has 0 spiro atoms. The maximum absolute atomic E-state index is 9.34. The molecule has 1 N–H and O–H groups in total. The fraction of sp³-hybridized carbons (Fsp3) is 0.700. The van der Waals surface area contributed by atoms with Gasteiger partial charge in [0, 0.05) is 11.3 Å². The Hall–Kier alpha value is -0.410. The van der Waals surface area contributed by atoms with Crippen LogP contribution < -0.4 is 0 Å². The molecular formula is C10H17NOS. The number of hydrogen-bond donors (Lipinski definition) is 1. The summed E-state index contributed by atoms with van der Waals surface area (Å²) in [6, 6.07) is 0. The summed E-state index contributed by atoms with van der Waals surface area (Å²) in [6.07, 6.45) is 0.640. The summed E-state index contributed by atoms with van der Waals surface area (Å²) in [6.45, 7) is 8.00. The average molecular weight is 199 g/mol. The van der Waals surface area contributed by atoms with E-state index >= 15 is 0 Å². The van der Waals surface area contributed by atoms with Gasteiger partial charge in [-0.2, -0.15) is 0 Å². The molecule has 74 valence electrons. The van der Waals surface area contributed by atoms with E-state index in [-0.39, 0.29) is 6.10 Å². The number of aliphatic hydroxyl groups is 1. The third kappa shape index (κ3) is 2.78. The Morgan fingerprint density at radius 2 is 2.00 bits per heavy atom. The van der Waals surface area contributed by atoms with Crippen LogP contribution in [0.2, 0.25) is 0 Å². The van der Waals surface area contributed by atoms with Crippen molar-refractivity contribution in [1.29, 1.82) is 0 Å². The van der Waals surface area contributed by atoms with E-state index in [9.17, 15) is 5.11 Å². The molecule has 1 aromatic rings. The summed E-state index contributed by atoms with van der Waals surface area (Å²) in [7, 11) is 0. The zero-order chi connectivity index (χ0) is 10.0. The zero-order valence-electron chi connectivity index (χ0n) is 8.66. The average Bonchev–Trinajstić information content (AvgIpc) is 2.31. The van der Waals surface area contributed by atoms with Gasteiger partial charge in [-0.1, -0.05) is 6.92 Å². The van der Waals surface area contributed by atoms with Crippen molar-refractivity contribution in [2.45, 2.75) is 40.2 Å². The van der Waals surface area contributed by atoms with Gasteiger partial charge in [0.1, 0.15) is 0 Å². The predicted octanol–water partition coefficient (Wildman–Crippen LogP) is 2.32. The van der Waals surface area contributed by atoms with E-state index in [1.54, 1.807) is 11.3 Å². The molecule has 1 rings (SSSR count). The first-order valence-electron chi connectivity index (χ1n) is 4.61. The Morgan fingerprint density at radius 3 is 2.38 bits per heavy atom. The number of aromatic nitrogens is 1. The zero-order valence-corrected chi connectivity index (χ0v) is 9.48. The summed E-state index contributed by atoms with van der Waals surface area (Å²) in [5.41, 5.74) is 1.12. The topological polar surface area (TPSA) is 33.1 Å². The Kier molecular flexibility index (Phi) is 3.45. The summed E-state index contributed by atoms with van der Waals surface area (Å²) in [5, 5.41) is 10.5. The number of rotatable bonds is 3. The van der Waals surface area contributed by atoms with Crippen LogP contribution >= 0.6 is 11.3 Å². The van der Waals surface area contributed by atoms with Gasteiger partial charge in [-0.05, 0) is 26.7 Å². The van der Waals surface area contributed by atoms with Gasteiger partial charge in [0.05, 0.1) is 16.8 Å². The molecule has 0 aliphatic rings. The SMILES string of the molecule is Cc1nc(CC(C)C(C)O)sc1C. The first-order chi connectivity index (χ1) is 6.00. The molecule has 0 saturated heterocycles. The summed E-state index contributed by atoms with van der Waals surface area (Å²) < 4.78 is 0. The van der Waals surface area contributed by atoms with Crippen molar-refractivity contribution < 1.29 is 5.11 Å². The minimum Gasteiger partial charge on any atom is -0.393 e. The van der Waals surface area contributed by atoms with Crippen molar-refractivity contribution in [2.24, 2.45) is 5.92 Å². The van der Waals surface area contributed by atoms with Crippen LogP contribution in [0.4, 0.5) is 0 Å². The minimum atomic E-state index is -0.246. The molecule has 0 aliphatic heterocycles. The van der Waals surface area contributed by atoms with Gasteiger partial charge in [-0.15, -0.1) is 11.3 Å². The van der Waals surface area contributed by atoms with Crippen LogP contribution in [-0.4, -0.2) is 16.2 Å². The quantitative estimate of drug-likeness (QED) is 0.810. The fourth-order valence-corrected chi connectivity index (χ4v) is 2.15. The molecule has 3 heteroatoms. The number of thiazole rings is 1. The van der Waals surface area contributed by atoms with Gasteiger partial charge in [-0.3, -0.25) is 0 Å². The molecule has 0 aliphatic carbocycles. The standard InChI is InChI=1S/C10H17NOS/c1-6(8(3)12)5-10-11-7(2)9(4)13-10/h6,8,12H,5H2,1-4H3. The van der Waals surface area contributed by atoms with E-state index in [1.165, 1.54) is 4.88 Å². The molecule has 2 nitrogen and oxygen atoms in total. The third-order valence-corrected chi connectivity index (χ3v) is 3.49. The molecule has 0 fully saturated rings. The molecule has 0 bridgehead atoms. The second-order valence-corrected chi connectivity index (χ2v) is 4.96. The molecule has 1 aromatic heterocycles. The number of aryl methyl sites for hydroxylation is 2. The monoisotopic (exact) mass is 199 g/mol. The number of nitrogens with zero attached hydrogens (tertiary/aromatic N) is 1. The largest absolute Gasteiger partial charge is 0.393 e. The summed E-state index contributed by atoms with van der Waals surface area (Å²) in [4.78, 5) is 5.72. The Bertz CT molecular complexity index is 261. The number of aliphatic hydroxyl groups excluding tert-OH is 1. The first-order valence-corrected chi connectivity index (χ1v) is 5.43. The van der Waals surface area contributed by atoms with Crippen LogP contribution in [0.1, 0.15) is 29.4 Å². The summed E-state index contributed by atoms with van der Waals surface area (Å²) in [5.74, 6) is 0.296. The van der Waals surface area contributed by atoms with Crippen molar-refractivity contribution in [2.75, 3.05) is 0 Å². The van der Waals surface area contributed by atoms with Crippen LogP contribution in [-0.2, 0) is 6.42 Å². The Morgan fingerprint density at radius 1 is 1.38 bits per heavy atom. The molecular weight excluding hydrogens is 182 g/mol. The lowest BCUT2D eigenvalue weighted by Crippen LogP contribution is -2.15. The van der Waals surface area contributed by atoms with E-state index < -0.39 is 0 Å². The second kappa shape index (κ2) is 4.20. The van der Waals surface area contributed by atoms with E-state index in [2.05, 4.69) is 18.8 Å². The third-order valence-electron chi connectivity index (χ3n) is 2.39. The van der Waals surface area contributed by atoms with Gasteiger partial charge < -0.3 is 5.11 Å². The fourth-order valence-electron chi connectivity index (χ4n) is 1.07. The van der Waals surface area contributed by atoms with Crippen molar-refractivity contribution >= 4 is 11.3 Å². The maximum Gasteiger partial charge on any atom is 0.0934 e. The molecule has 0 radical (unpaired) electrons. The second-order valence-electron chi connectivity index (χ2n) is 3.67. The lowest BCUT2D eigenvalue weighted by atomic mass is 10.0. The highest BCUT2D eigenvalue weighted by Gasteiger charge is 2.12. The van der Waals surface area contributed by atoms with E-state index in [1.807, 2.05) is 13.8 Å². The number of hydrogen-bond acceptors (Lipinski definition) is 3.